The maximum absolute atomic E-state index is 11.5. The van der Waals surface area contributed by atoms with Gasteiger partial charge in [-0.25, -0.2) is 0 Å². The molecule has 0 aliphatic heterocycles. The SMILES string of the molecule is CCCCCCCC/C=C\CCCCCCCCCCCC(=O)OCCCC. The third-order valence-electron chi connectivity index (χ3n) is 5.40. The summed E-state index contributed by atoms with van der Waals surface area (Å²) >= 11 is 0. The molecule has 0 amide bonds. The first-order valence-corrected chi connectivity index (χ1v) is 12.6. The Labute approximate surface area is 176 Å². The lowest BCUT2D eigenvalue weighted by Gasteiger charge is -2.04. The van der Waals surface area contributed by atoms with Gasteiger partial charge < -0.3 is 4.74 Å². The van der Waals surface area contributed by atoms with E-state index in [1.54, 1.807) is 0 Å². The van der Waals surface area contributed by atoms with Crippen LogP contribution in [0.25, 0.3) is 0 Å². The molecule has 0 aliphatic carbocycles. The van der Waals surface area contributed by atoms with E-state index >= 15 is 0 Å². The van der Waals surface area contributed by atoms with E-state index in [9.17, 15) is 4.79 Å². The van der Waals surface area contributed by atoms with Crippen LogP contribution in [0.4, 0.5) is 0 Å². The molecule has 0 fully saturated rings. The number of allylic oxidation sites excluding steroid dienone is 2. The van der Waals surface area contributed by atoms with Crippen LogP contribution in [0, 0.1) is 0 Å². The van der Waals surface area contributed by atoms with E-state index in [0.29, 0.717) is 13.0 Å². The number of hydrogen-bond acceptors (Lipinski definition) is 2. The van der Waals surface area contributed by atoms with E-state index in [2.05, 4.69) is 26.0 Å². The summed E-state index contributed by atoms with van der Waals surface area (Å²) in [6.07, 6.45) is 30.0. The molecule has 0 atom stereocenters. The van der Waals surface area contributed by atoms with Gasteiger partial charge in [0, 0.05) is 6.42 Å². The molecule has 166 valence electrons. The average molecular weight is 395 g/mol. The Morgan fingerprint density at radius 1 is 0.571 bits per heavy atom. The first kappa shape index (κ1) is 27.2. The van der Waals surface area contributed by atoms with E-state index < -0.39 is 0 Å². The summed E-state index contributed by atoms with van der Waals surface area (Å²) in [6, 6.07) is 0. The van der Waals surface area contributed by atoms with Crippen molar-refractivity contribution >= 4 is 5.97 Å². The van der Waals surface area contributed by atoms with Gasteiger partial charge in [-0.3, -0.25) is 4.79 Å². The molecule has 0 aromatic heterocycles. The molecule has 2 nitrogen and oxygen atoms in total. The fourth-order valence-electron chi connectivity index (χ4n) is 3.45. The van der Waals surface area contributed by atoms with Crippen molar-refractivity contribution in [2.24, 2.45) is 0 Å². The van der Waals surface area contributed by atoms with Crippen molar-refractivity contribution in [2.45, 2.75) is 142 Å². The zero-order valence-corrected chi connectivity index (χ0v) is 19.3. The van der Waals surface area contributed by atoms with Crippen LogP contribution >= 0.6 is 0 Å². The molecule has 2 heteroatoms. The molecule has 0 aliphatic rings. The Hall–Kier alpha value is -0.790. The molecule has 0 aromatic rings. The zero-order chi connectivity index (χ0) is 20.5. The Kier molecular flexibility index (Phi) is 23.6. The minimum atomic E-state index is -0.00512. The summed E-state index contributed by atoms with van der Waals surface area (Å²) in [5.74, 6) is -0.00512. The van der Waals surface area contributed by atoms with Gasteiger partial charge in [-0.1, -0.05) is 109 Å². The first-order chi connectivity index (χ1) is 13.8. The summed E-state index contributed by atoms with van der Waals surface area (Å²) in [5.41, 5.74) is 0. The quantitative estimate of drug-likeness (QED) is 0.104. The number of unbranched alkanes of at least 4 members (excludes halogenated alkanes) is 16. The van der Waals surface area contributed by atoms with E-state index in [-0.39, 0.29) is 5.97 Å². The molecule has 0 spiro atoms. The summed E-state index contributed by atoms with van der Waals surface area (Å²) in [4.78, 5) is 11.5. The van der Waals surface area contributed by atoms with Crippen molar-refractivity contribution in [1.82, 2.24) is 0 Å². The highest BCUT2D eigenvalue weighted by Gasteiger charge is 2.01. The van der Waals surface area contributed by atoms with E-state index in [0.717, 1.165) is 19.3 Å². The van der Waals surface area contributed by atoms with E-state index in [1.807, 2.05) is 0 Å². The highest BCUT2D eigenvalue weighted by atomic mass is 16.5. The lowest BCUT2D eigenvalue weighted by Crippen LogP contribution is -2.05. The molecule has 0 saturated heterocycles. The molecule has 0 aromatic carbocycles. The number of hydrogen-bond donors (Lipinski definition) is 0. The fraction of sp³-hybridized carbons (Fsp3) is 0.885. The van der Waals surface area contributed by atoms with Crippen LogP contribution in [0.15, 0.2) is 12.2 Å². The maximum Gasteiger partial charge on any atom is 0.305 e. The highest BCUT2D eigenvalue weighted by molar-refractivity contribution is 5.69. The smallest absolute Gasteiger partial charge is 0.305 e. The van der Waals surface area contributed by atoms with Gasteiger partial charge in [0.2, 0.25) is 0 Å². The second-order valence-corrected chi connectivity index (χ2v) is 8.32. The Bertz CT molecular complexity index is 335. The van der Waals surface area contributed by atoms with Crippen molar-refractivity contribution in [1.29, 1.82) is 0 Å². The van der Waals surface area contributed by atoms with Crippen molar-refractivity contribution in [3.63, 3.8) is 0 Å². The van der Waals surface area contributed by atoms with Crippen LogP contribution in [0.2, 0.25) is 0 Å². The van der Waals surface area contributed by atoms with Crippen LogP contribution in [-0.4, -0.2) is 12.6 Å². The lowest BCUT2D eigenvalue weighted by molar-refractivity contribution is -0.143. The largest absolute Gasteiger partial charge is 0.466 e. The Morgan fingerprint density at radius 2 is 1.00 bits per heavy atom. The van der Waals surface area contributed by atoms with Crippen molar-refractivity contribution in [2.75, 3.05) is 6.61 Å². The number of ether oxygens (including phenoxy) is 1. The number of rotatable bonds is 22. The summed E-state index contributed by atoms with van der Waals surface area (Å²) < 4.78 is 5.18. The van der Waals surface area contributed by atoms with Gasteiger partial charge in [0.1, 0.15) is 0 Å². The van der Waals surface area contributed by atoms with E-state index in [1.165, 1.54) is 103 Å². The van der Waals surface area contributed by atoms with Gasteiger partial charge in [-0.05, 0) is 38.5 Å². The van der Waals surface area contributed by atoms with Crippen LogP contribution < -0.4 is 0 Å². The number of carbonyl (C=O) groups is 1. The minimum absolute atomic E-state index is 0.00512. The molecule has 28 heavy (non-hydrogen) atoms. The lowest BCUT2D eigenvalue weighted by atomic mass is 10.1. The van der Waals surface area contributed by atoms with Gasteiger partial charge in [0.25, 0.3) is 0 Å². The monoisotopic (exact) mass is 394 g/mol. The third-order valence-corrected chi connectivity index (χ3v) is 5.40. The number of carbonyl (C=O) groups excluding carboxylic acids is 1. The summed E-state index contributed by atoms with van der Waals surface area (Å²) in [6.45, 7) is 4.99. The molecule has 0 bridgehead atoms. The topological polar surface area (TPSA) is 26.3 Å². The normalized spacial score (nSPS) is 11.4. The Balaban J connectivity index is 3.13. The van der Waals surface area contributed by atoms with Crippen molar-refractivity contribution < 1.29 is 9.53 Å². The van der Waals surface area contributed by atoms with Crippen LogP contribution in [0.5, 0.6) is 0 Å². The number of esters is 1. The molecule has 0 N–H and O–H groups in total. The fourth-order valence-corrected chi connectivity index (χ4v) is 3.45. The minimum Gasteiger partial charge on any atom is -0.466 e. The van der Waals surface area contributed by atoms with Crippen molar-refractivity contribution in [3.05, 3.63) is 12.2 Å². The first-order valence-electron chi connectivity index (χ1n) is 12.6. The zero-order valence-electron chi connectivity index (χ0n) is 19.3. The standard InChI is InChI=1S/C26H50O2/c1-3-5-7-8-9-10-11-12-13-14-15-16-17-18-19-20-21-22-23-24-26(27)28-25-6-4-2/h12-13H,3-11,14-25H2,1-2H3/b13-12-. The van der Waals surface area contributed by atoms with Crippen LogP contribution in [-0.2, 0) is 9.53 Å². The molecule has 0 saturated carbocycles. The van der Waals surface area contributed by atoms with E-state index in [4.69, 9.17) is 4.74 Å². The second kappa shape index (κ2) is 24.2. The third kappa shape index (κ3) is 23.2. The molecular weight excluding hydrogens is 344 g/mol. The van der Waals surface area contributed by atoms with Crippen molar-refractivity contribution in [3.8, 4) is 0 Å². The summed E-state index contributed by atoms with van der Waals surface area (Å²) in [7, 11) is 0. The van der Waals surface area contributed by atoms with Gasteiger partial charge >= 0.3 is 5.97 Å². The molecule has 0 rings (SSSR count). The Morgan fingerprint density at radius 3 is 1.50 bits per heavy atom. The van der Waals surface area contributed by atoms with Gasteiger partial charge in [0.05, 0.1) is 6.61 Å². The summed E-state index contributed by atoms with van der Waals surface area (Å²) in [5, 5.41) is 0. The molecule has 0 heterocycles. The van der Waals surface area contributed by atoms with Gasteiger partial charge in [0.15, 0.2) is 0 Å². The van der Waals surface area contributed by atoms with Gasteiger partial charge in [-0.2, -0.15) is 0 Å². The predicted molar refractivity (Wildman–Crippen MR) is 124 cm³/mol. The van der Waals surface area contributed by atoms with Gasteiger partial charge in [-0.15, -0.1) is 0 Å². The maximum atomic E-state index is 11.5. The van der Waals surface area contributed by atoms with Crippen LogP contribution in [0.1, 0.15) is 142 Å². The molecule has 0 unspecified atom stereocenters. The predicted octanol–water partition coefficient (Wildman–Crippen LogP) is 8.93. The average Bonchev–Trinajstić information content (AvgIpc) is 2.70. The molecule has 0 radical (unpaired) electrons. The molecular formula is C26H50O2. The van der Waals surface area contributed by atoms with Crippen LogP contribution in [0.3, 0.4) is 0 Å². The second-order valence-electron chi connectivity index (χ2n) is 8.32. The highest BCUT2D eigenvalue weighted by Crippen LogP contribution is 2.12.